The van der Waals surface area contributed by atoms with Crippen molar-refractivity contribution in [1.82, 2.24) is 19.3 Å². The van der Waals surface area contributed by atoms with Crippen molar-refractivity contribution in [3.05, 3.63) is 29.6 Å². The van der Waals surface area contributed by atoms with Gasteiger partial charge in [-0.1, -0.05) is 5.09 Å². The predicted octanol–water partition coefficient (Wildman–Crippen LogP) is 0.349. The summed E-state index contributed by atoms with van der Waals surface area (Å²) in [5, 5.41) is 24.5. The number of rotatable bonds is 13. The highest BCUT2D eigenvalue weighted by Gasteiger charge is 2.36. The summed E-state index contributed by atoms with van der Waals surface area (Å²) in [4.78, 5) is 29.1. The standard InChI is InChI=1S/C17H24N6O9P2/c1-12(16(24)29-2)21-33(25)31-9-17(8-18,30-3)7-6-13-4-5-14-15(19)22(10-20-23(13)14)11-32-34(26,27)28/h4-5,10,12,19H,6-7,9,11H2,1-3H3,(H2-,21,25,26,27,28)/p+1/t12-,17+/m0/s1. The molecule has 0 aliphatic carbocycles. The summed E-state index contributed by atoms with van der Waals surface area (Å²) in [6.45, 7) is 0.534. The first-order valence-corrected chi connectivity index (χ1v) is 12.4. The molecule has 0 aliphatic heterocycles. The SMILES string of the molecule is COC(=O)[C@H](C)N[P+](=O)OC[C@](C#N)(CCc1ccc2c(=N)n(COP(=O)(O)O)cnn12)OC. The fourth-order valence-corrected chi connectivity index (χ4v) is 3.91. The largest absolute Gasteiger partial charge is 0.613 e. The molecule has 17 heteroatoms. The minimum Gasteiger partial charge on any atom is -0.468 e. The fraction of sp³-hybridized carbons (Fsp3) is 0.529. The third kappa shape index (κ3) is 7.23. The van der Waals surface area contributed by atoms with Crippen LogP contribution in [-0.2, 0) is 45.6 Å². The van der Waals surface area contributed by atoms with E-state index in [0.29, 0.717) is 11.2 Å². The molecule has 0 aliphatic rings. The van der Waals surface area contributed by atoms with Crippen LogP contribution in [0.3, 0.4) is 0 Å². The van der Waals surface area contributed by atoms with Gasteiger partial charge in [-0.3, -0.25) is 19.3 Å². The van der Waals surface area contributed by atoms with Crippen molar-refractivity contribution in [3.63, 3.8) is 0 Å². The zero-order chi connectivity index (χ0) is 25.5. The Bertz CT molecular complexity index is 1190. The number of aromatic nitrogens is 3. The van der Waals surface area contributed by atoms with Crippen LogP contribution in [0.5, 0.6) is 0 Å². The highest BCUT2D eigenvalue weighted by atomic mass is 31.2. The maximum Gasteiger partial charge on any atom is 0.613 e. The Kier molecular flexibility index (Phi) is 9.57. The van der Waals surface area contributed by atoms with Gasteiger partial charge in [0.1, 0.15) is 37.3 Å². The quantitative estimate of drug-likeness (QED) is 0.209. The molecule has 0 spiro atoms. The molecule has 0 bridgehead atoms. The van der Waals surface area contributed by atoms with Gasteiger partial charge in [0, 0.05) is 12.8 Å². The maximum atomic E-state index is 12.1. The normalized spacial score (nSPS) is 14.9. The van der Waals surface area contributed by atoms with Crippen molar-refractivity contribution < 1.29 is 42.2 Å². The van der Waals surface area contributed by atoms with E-state index >= 15 is 0 Å². The Morgan fingerprint density at radius 2 is 2.15 bits per heavy atom. The van der Waals surface area contributed by atoms with Gasteiger partial charge in [0.25, 0.3) is 0 Å². The third-order valence-corrected chi connectivity index (χ3v) is 6.20. The number of nitrogens with zero attached hydrogens (tertiary/aromatic N) is 4. The Morgan fingerprint density at radius 3 is 2.74 bits per heavy atom. The molecule has 0 radical (unpaired) electrons. The van der Waals surface area contributed by atoms with E-state index in [0.717, 1.165) is 4.57 Å². The van der Waals surface area contributed by atoms with E-state index in [4.69, 9.17) is 24.5 Å². The lowest BCUT2D eigenvalue weighted by molar-refractivity contribution is -0.142. The van der Waals surface area contributed by atoms with Gasteiger partial charge in [-0.15, -0.1) is 4.52 Å². The van der Waals surface area contributed by atoms with Crippen LogP contribution in [0.1, 0.15) is 19.0 Å². The fourth-order valence-electron chi connectivity index (χ4n) is 2.81. The average Bonchev–Trinajstić information content (AvgIpc) is 3.22. The molecule has 2 aromatic rings. The second-order valence-corrected chi connectivity index (χ2v) is 9.30. The summed E-state index contributed by atoms with van der Waals surface area (Å²) in [5.41, 5.74) is -0.600. The Balaban J connectivity index is 2.09. The number of hydrogen-bond donors (Lipinski definition) is 4. The van der Waals surface area contributed by atoms with Gasteiger partial charge >= 0.3 is 22.0 Å². The summed E-state index contributed by atoms with van der Waals surface area (Å²) in [5.74, 6) is -0.624. The number of carbonyl (C=O) groups excluding carboxylic acids is 1. The predicted molar refractivity (Wildman–Crippen MR) is 114 cm³/mol. The lowest BCUT2D eigenvalue weighted by Gasteiger charge is -2.22. The molecular weight excluding hydrogens is 494 g/mol. The molecule has 0 saturated heterocycles. The number of fused-ring (bicyclic) bond motifs is 1. The van der Waals surface area contributed by atoms with Gasteiger partial charge in [-0.2, -0.15) is 10.4 Å². The molecule has 2 heterocycles. The minimum atomic E-state index is -4.71. The first-order valence-electron chi connectivity index (χ1n) is 9.66. The summed E-state index contributed by atoms with van der Waals surface area (Å²) in [6.07, 6.45) is 1.56. The van der Waals surface area contributed by atoms with Gasteiger partial charge in [0.15, 0.2) is 11.1 Å². The highest BCUT2D eigenvalue weighted by molar-refractivity contribution is 7.46. The van der Waals surface area contributed by atoms with Gasteiger partial charge < -0.3 is 19.3 Å². The number of phosphoric acid groups is 1. The number of methoxy groups -OCH3 is 2. The van der Waals surface area contributed by atoms with Crippen molar-refractivity contribution in [2.75, 3.05) is 20.8 Å². The second kappa shape index (κ2) is 11.7. The molecule has 3 atom stereocenters. The highest BCUT2D eigenvalue weighted by Crippen LogP contribution is 2.35. The van der Waals surface area contributed by atoms with Crippen LogP contribution in [-0.4, -0.2) is 62.4 Å². The van der Waals surface area contributed by atoms with Crippen molar-refractivity contribution in [1.29, 1.82) is 10.7 Å². The number of aryl methyl sites for hydroxylation is 1. The average molecular weight is 519 g/mol. The number of carbonyl (C=O) groups is 1. The third-order valence-electron chi connectivity index (χ3n) is 4.78. The maximum absolute atomic E-state index is 12.1. The molecule has 186 valence electrons. The van der Waals surface area contributed by atoms with Crippen LogP contribution in [0.4, 0.5) is 0 Å². The van der Waals surface area contributed by atoms with E-state index in [1.54, 1.807) is 12.1 Å². The molecule has 34 heavy (non-hydrogen) atoms. The molecule has 2 aromatic heterocycles. The van der Waals surface area contributed by atoms with E-state index in [-0.39, 0.29) is 24.9 Å². The summed E-state index contributed by atoms with van der Waals surface area (Å²) in [7, 11) is -4.69. The van der Waals surface area contributed by atoms with Crippen LogP contribution in [0, 0.1) is 16.7 Å². The van der Waals surface area contributed by atoms with Gasteiger partial charge in [0.2, 0.25) is 0 Å². The molecular formula is C17H25N6O9P2+. The number of esters is 1. The molecule has 2 rings (SSSR count). The number of hydrogen-bond acceptors (Lipinski definition) is 10. The second-order valence-electron chi connectivity index (χ2n) is 7.03. The number of phosphoric ester groups is 1. The summed E-state index contributed by atoms with van der Waals surface area (Å²) < 4.78 is 45.0. The monoisotopic (exact) mass is 519 g/mol. The lowest BCUT2D eigenvalue weighted by atomic mass is 9.99. The number of ether oxygens (including phenoxy) is 2. The first-order chi connectivity index (χ1) is 15.9. The van der Waals surface area contributed by atoms with Gasteiger partial charge in [0.05, 0.1) is 7.11 Å². The van der Waals surface area contributed by atoms with Crippen LogP contribution in [0.25, 0.3) is 5.52 Å². The molecule has 15 nitrogen and oxygen atoms in total. The smallest absolute Gasteiger partial charge is 0.468 e. The van der Waals surface area contributed by atoms with Crippen molar-refractivity contribution >= 4 is 27.5 Å². The van der Waals surface area contributed by atoms with Crippen molar-refractivity contribution in [2.24, 2.45) is 0 Å². The topological polar surface area (TPSA) is 210 Å². The molecule has 0 aromatic carbocycles. The van der Waals surface area contributed by atoms with E-state index in [9.17, 15) is 19.2 Å². The van der Waals surface area contributed by atoms with Crippen LogP contribution in [0.15, 0.2) is 18.5 Å². The first kappa shape index (κ1) is 27.7. The summed E-state index contributed by atoms with van der Waals surface area (Å²) in [6, 6.07) is 4.40. The molecule has 4 N–H and O–H groups in total. The Labute approximate surface area is 194 Å². The van der Waals surface area contributed by atoms with Crippen LogP contribution < -0.4 is 10.6 Å². The van der Waals surface area contributed by atoms with Crippen molar-refractivity contribution in [3.8, 4) is 6.07 Å². The van der Waals surface area contributed by atoms with Gasteiger partial charge in [-0.05, 0) is 36.5 Å². The van der Waals surface area contributed by atoms with Crippen molar-refractivity contribution in [2.45, 2.75) is 38.1 Å². The lowest BCUT2D eigenvalue weighted by Crippen LogP contribution is -2.36. The van der Waals surface area contributed by atoms with E-state index in [1.165, 1.54) is 32.0 Å². The van der Waals surface area contributed by atoms with Gasteiger partial charge in [-0.25, -0.2) is 9.08 Å². The zero-order valence-corrected chi connectivity index (χ0v) is 20.4. The molecule has 1 unspecified atom stereocenters. The Hall–Kier alpha value is -2.53. The van der Waals surface area contributed by atoms with Crippen LogP contribution in [0.2, 0.25) is 0 Å². The van der Waals surface area contributed by atoms with E-state index < -0.39 is 40.3 Å². The minimum absolute atomic E-state index is 0.0980. The Morgan fingerprint density at radius 1 is 1.44 bits per heavy atom. The zero-order valence-electron chi connectivity index (χ0n) is 18.6. The number of nitrogens with one attached hydrogen (secondary N) is 2. The van der Waals surface area contributed by atoms with E-state index in [1.807, 2.05) is 6.07 Å². The molecule has 0 fully saturated rings. The van der Waals surface area contributed by atoms with Crippen LogP contribution >= 0.6 is 16.0 Å². The molecule has 0 amide bonds. The van der Waals surface area contributed by atoms with E-state index in [2.05, 4.69) is 19.4 Å². The molecule has 0 saturated carbocycles. The summed E-state index contributed by atoms with van der Waals surface area (Å²) >= 11 is 0. The number of nitriles is 1.